The molecule has 1 unspecified atom stereocenters. The number of hydrogen-bond donors (Lipinski definition) is 3. The van der Waals surface area contributed by atoms with Crippen LogP contribution in [0.2, 0.25) is 0 Å². The lowest BCUT2D eigenvalue weighted by atomic mass is 9.75. The normalized spacial score (nSPS) is 19.0. The molecule has 1 atom stereocenters. The Hall–Kier alpha value is -1.43. The lowest BCUT2D eigenvalue weighted by Crippen LogP contribution is -2.36. The van der Waals surface area contributed by atoms with Gasteiger partial charge in [0.2, 0.25) is 0 Å². The van der Waals surface area contributed by atoms with Gasteiger partial charge in [0.05, 0.1) is 10.2 Å². The minimum atomic E-state index is -0.912. The molecule has 2 rings (SSSR count). The van der Waals surface area contributed by atoms with E-state index in [9.17, 15) is 15.0 Å². The number of rotatable bonds is 0. The first kappa shape index (κ1) is 15.9. The second-order valence-corrected chi connectivity index (χ2v) is 7.39. The number of aromatic hydroxyl groups is 1. The first-order chi connectivity index (χ1) is 9.62. The number of nitrogen functional groups attached to an aromatic ring is 1. The van der Waals surface area contributed by atoms with Crippen LogP contribution >= 0.6 is 15.9 Å². The summed E-state index contributed by atoms with van der Waals surface area (Å²) in [6.07, 6.45) is -0.354. The van der Waals surface area contributed by atoms with Gasteiger partial charge in [-0.1, -0.05) is 20.8 Å². The van der Waals surface area contributed by atoms with Crippen LogP contribution in [0.4, 0.5) is 10.5 Å². The van der Waals surface area contributed by atoms with Crippen molar-refractivity contribution in [1.29, 1.82) is 0 Å². The number of nitrogens with zero attached hydrogens (tertiary/aromatic N) is 1. The van der Waals surface area contributed by atoms with Gasteiger partial charge in [-0.25, -0.2) is 4.79 Å². The average molecular weight is 357 g/mol. The number of benzene rings is 1. The summed E-state index contributed by atoms with van der Waals surface area (Å²) in [7, 11) is 0. The van der Waals surface area contributed by atoms with Crippen LogP contribution in [-0.4, -0.2) is 34.3 Å². The molecule has 0 aliphatic carbocycles. The third-order valence-corrected chi connectivity index (χ3v) is 4.99. The van der Waals surface area contributed by atoms with E-state index in [1.807, 2.05) is 0 Å². The van der Waals surface area contributed by atoms with E-state index >= 15 is 0 Å². The van der Waals surface area contributed by atoms with E-state index in [4.69, 9.17) is 5.73 Å². The zero-order valence-electron chi connectivity index (χ0n) is 12.5. The van der Waals surface area contributed by atoms with Crippen molar-refractivity contribution in [2.75, 3.05) is 18.8 Å². The van der Waals surface area contributed by atoms with Gasteiger partial charge in [-0.2, -0.15) is 0 Å². The number of carboxylic acid groups (broad SMARTS) is 1. The van der Waals surface area contributed by atoms with Crippen LogP contribution in [0.5, 0.6) is 5.75 Å². The number of nitrogens with two attached hydrogens (primary N) is 1. The van der Waals surface area contributed by atoms with Crippen LogP contribution in [-0.2, 0) is 6.42 Å². The van der Waals surface area contributed by atoms with E-state index in [-0.39, 0.29) is 17.1 Å². The molecule has 21 heavy (non-hydrogen) atoms. The Bertz CT molecular complexity index is 581. The molecule has 1 aromatic rings. The average Bonchev–Trinajstić information content (AvgIpc) is 2.55. The summed E-state index contributed by atoms with van der Waals surface area (Å²) >= 11 is 3.41. The van der Waals surface area contributed by atoms with Crippen molar-refractivity contribution in [2.24, 2.45) is 5.41 Å². The molecule has 0 spiro atoms. The Morgan fingerprint density at radius 2 is 2.10 bits per heavy atom. The number of fused-ring (bicyclic) bond motifs is 1. The number of amides is 1. The third kappa shape index (κ3) is 2.95. The molecular weight excluding hydrogens is 336 g/mol. The summed E-state index contributed by atoms with van der Waals surface area (Å²) in [4.78, 5) is 12.8. The predicted molar refractivity (Wildman–Crippen MR) is 85.7 cm³/mol. The Labute approximate surface area is 132 Å². The first-order valence-electron chi connectivity index (χ1n) is 6.90. The van der Waals surface area contributed by atoms with Crippen molar-refractivity contribution in [3.8, 4) is 5.75 Å². The topological polar surface area (TPSA) is 86.8 Å². The molecule has 116 valence electrons. The van der Waals surface area contributed by atoms with Crippen LogP contribution in [0.15, 0.2) is 10.5 Å². The number of anilines is 1. The van der Waals surface area contributed by atoms with Crippen LogP contribution in [0, 0.1) is 5.41 Å². The fourth-order valence-electron chi connectivity index (χ4n) is 2.86. The Morgan fingerprint density at radius 1 is 1.48 bits per heavy atom. The molecule has 0 saturated heterocycles. The highest BCUT2D eigenvalue weighted by Gasteiger charge is 2.35. The fourth-order valence-corrected chi connectivity index (χ4v) is 3.51. The molecule has 0 saturated carbocycles. The van der Waals surface area contributed by atoms with E-state index in [2.05, 4.69) is 36.7 Å². The molecule has 1 aromatic carbocycles. The van der Waals surface area contributed by atoms with E-state index < -0.39 is 6.09 Å². The Kier molecular flexibility index (Phi) is 4.10. The first-order valence-corrected chi connectivity index (χ1v) is 7.69. The lowest BCUT2D eigenvalue weighted by molar-refractivity contribution is 0.135. The van der Waals surface area contributed by atoms with Gasteiger partial charge in [0.15, 0.2) is 5.75 Å². The quantitative estimate of drug-likeness (QED) is 0.491. The van der Waals surface area contributed by atoms with Crippen molar-refractivity contribution in [2.45, 2.75) is 33.1 Å². The molecule has 1 aliphatic heterocycles. The van der Waals surface area contributed by atoms with Crippen LogP contribution in [0.25, 0.3) is 0 Å². The minimum Gasteiger partial charge on any atom is -0.505 e. The van der Waals surface area contributed by atoms with Gasteiger partial charge in [0.25, 0.3) is 0 Å². The maximum Gasteiger partial charge on any atom is 0.407 e. The summed E-state index contributed by atoms with van der Waals surface area (Å²) in [6, 6.07) is 1.79. The molecule has 1 amide bonds. The largest absolute Gasteiger partial charge is 0.505 e. The Morgan fingerprint density at radius 3 is 2.62 bits per heavy atom. The second kappa shape index (κ2) is 5.40. The molecule has 0 aromatic heterocycles. The Balaban J connectivity index is 2.61. The van der Waals surface area contributed by atoms with Gasteiger partial charge in [0, 0.05) is 19.0 Å². The smallest absolute Gasteiger partial charge is 0.407 e. The van der Waals surface area contributed by atoms with E-state index in [0.717, 1.165) is 11.1 Å². The summed E-state index contributed by atoms with van der Waals surface area (Å²) < 4.78 is 0.582. The highest BCUT2D eigenvalue weighted by atomic mass is 79.9. The standard InChI is InChI=1S/C15H21BrN2O3/c1-15(2,3)10-7-18(14(20)21)5-4-8-9(10)6-11(17)13(19)12(8)16/h6,10,19H,4-5,7,17H2,1-3H3,(H,20,21). The SMILES string of the molecule is CC(C)(C)C1CN(C(=O)O)CCc2c1cc(N)c(O)c2Br. The zero-order valence-corrected chi connectivity index (χ0v) is 14.1. The van der Waals surface area contributed by atoms with Gasteiger partial charge >= 0.3 is 6.09 Å². The van der Waals surface area contributed by atoms with Crippen molar-refractivity contribution in [3.05, 3.63) is 21.7 Å². The van der Waals surface area contributed by atoms with Crippen molar-refractivity contribution in [3.63, 3.8) is 0 Å². The monoisotopic (exact) mass is 356 g/mol. The predicted octanol–water partition coefficient (Wildman–Crippen LogP) is 3.40. The van der Waals surface area contributed by atoms with E-state index in [1.165, 1.54) is 4.90 Å². The van der Waals surface area contributed by atoms with E-state index in [1.54, 1.807) is 6.07 Å². The molecule has 0 fully saturated rings. The number of phenols is 1. The molecule has 6 heteroatoms. The summed E-state index contributed by atoms with van der Waals surface area (Å²) in [5, 5.41) is 19.4. The number of hydrogen-bond acceptors (Lipinski definition) is 3. The number of phenolic OH excluding ortho intramolecular Hbond substituents is 1. The maximum atomic E-state index is 11.4. The number of carbonyl (C=O) groups is 1. The van der Waals surface area contributed by atoms with Gasteiger partial charge < -0.3 is 20.8 Å². The minimum absolute atomic E-state index is 0.0188. The second-order valence-electron chi connectivity index (χ2n) is 6.59. The van der Waals surface area contributed by atoms with Crippen molar-refractivity contribution < 1.29 is 15.0 Å². The summed E-state index contributed by atoms with van der Waals surface area (Å²) in [6.45, 7) is 7.11. The van der Waals surface area contributed by atoms with E-state index in [0.29, 0.717) is 29.7 Å². The molecule has 1 aliphatic rings. The van der Waals surface area contributed by atoms with Gasteiger partial charge in [-0.05, 0) is 45.0 Å². The number of halogens is 1. The molecule has 0 radical (unpaired) electrons. The lowest BCUT2D eigenvalue weighted by Gasteiger charge is -2.34. The molecule has 4 N–H and O–H groups in total. The van der Waals surface area contributed by atoms with Crippen LogP contribution < -0.4 is 5.73 Å². The highest BCUT2D eigenvalue weighted by molar-refractivity contribution is 9.10. The van der Waals surface area contributed by atoms with Crippen molar-refractivity contribution >= 4 is 27.7 Å². The van der Waals surface area contributed by atoms with Crippen molar-refractivity contribution in [1.82, 2.24) is 4.90 Å². The zero-order chi connectivity index (χ0) is 15.9. The molecule has 1 heterocycles. The summed E-state index contributed by atoms with van der Waals surface area (Å²) in [5.74, 6) is 0.0514. The van der Waals surface area contributed by atoms with Crippen LogP contribution in [0.1, 0.15) is 37.8 Å². The highest BCUT2D eigenvalue weighted by Crippen LogP contribution is 2.45. The third-order valence-electron chi connectivity index (χ3n) is 4.13. The molecule has 5 nitrogen and oxygen atoms in total. The van der Waals surface area contributed by atoms with Gasteiger partial charge in [-0.3, -0.25) is 0 Å². The molecular formula is C15H21BrN2O3. The maximum absolute atomic E-state index is 11.4. The van der Waals surface area contributed by atoms with Gasteiger partial charge in [0.1, 0.15) is 0 Å². The molecule has 0 bridgehead atoms. The van der Waals surface area contributed by atoms with Gasteiger partial charge in [-0.15, -0.1) is 0 Å². The fraction of sp³-hybridized carbons (Fsp3) is 0.533. The van der Waals surface area contributed by atoms with Crippen LogP contribution in [0.3, 0.4) is 0 Å². The summed E-state index contributed by atoms with van der Waals surface area (Å²) in [5.41, 5.74) is 8.06.